The van der Waals surface area contributed by atoms with E-state index in [0.717, 1.165) is 0 Å². The molecule has 1 aromatic heterocycles. The number of aryl methyl sites for hydroxylation is 1. The fraction of sp³-hybridized carbons (Fsp3) is 0.692. The average molecular weight is 282 g/mol. The van der Waals surface area contributed by atoms with Gasteiger partial charge in [0.05, 0.1) is 0 Å². The second-order valence-corrected chi connectivity index (χ2v) is 5.52. The second kappa shape index (κ2) is 7.02. The summed E-state index contributed by atoms with van der Waals surface area (Å²) in [4.78, 5) is 26.4. The molecule has 3 N–H and O–H groups in total. The van der Waals surface area contributed by atoms with Gasteiger partial charge < -0.3 is 10.4 Å². The van der Waals surface area contributed by atoms with Crippen LogP contribution in [0, 0.1) is 5.41 Å². The fourth-order valence-corrected chi connectivity index (χ4v) is 1.72. The third-order valence-corrected chi connectivity index (χ3v) is 3.17. The number of aromatic nitrogens is 3. The van der Waals surface area contributed by atoms with Crippen LogP contribution >= 0.6 is 0 Å². The molecule has 20 heavy (non-hydrogen) atoms. The molecule has 0 aliphatic heterocycles. The Morgan fingerprint density at radius 3 is 2.60 bits per heavy atom. The summed E-state index contributed by atoms with van der Waals surface area (Å²) < 4.78 is 0. The van der Waals surface area contributed by atoms with E-state index >= 15 is 0 Å². The van der Waals surface area contributed by atoms with Crippen molar-refractivity contribution in [3.63, 3.8) is 0 Å². The molecule has 1 aromatic rings. The smallest absolute Gasteiger partial charge is 0.303 e. The predicted octanol–water partition coefficient (Wildman–Crippen LogP) is 1.38. The lowest BCUT2D eigenvalue weighted by Gasteiger charge is -2.23. The number of aromatic amines is 1. The van der Waals surface area contributed by atoms with E-state index in [-0.39, 0.29) is 23.6 Å². The number of rotatable bonds is 8. The first-order valence-corrected chi connectivity index (χ1v) is 6.75. The van der Waals surface area contributed by atoms with E-state index in [1.165, 1.54) is 0 Å². The highest BCUT2D eigenvalue weighted by atomic mass is 16.4. The fourth-order valence-electron chi connectivity index (χ4n) is 1.72. The van der Waals surface area contributed by atoms with E-state index in [9.17, 15) is 9.59 Å². The van der Waals surface area contributed by atoms with E-state index in [2.05, 4.69) is 20.5 Å². The zero-order chi connectivity index (χ0) is 15.2. The summed E-state index contributed by atoms with van der Waals surface area (Å²) in [6.07, 6.45) is 2.13. The molecule has 7 nitrogen and oxygen atoms in total. The quantitative estimate of drug-likeness (QED) is 0.667. The van der Waals surface area contributed by atoms with Gasteiger partial charge >= 0.3 is 5.97 Å². The molecule has 0 saturated heterocycles. The number of amides is 1. The maximum absolute atomic E-state index is 11.8. The summed E-state index contributed by atoms with van der Waals surface area (Å²) in [6, 6.07) is 0. The lowest BCUT2D eigenvalue weighted by Crippen LogP contribution is -2.29. The Morgan fingerprint density at radius 1 is 1.35 bits per heavy atom. The number of aliphatic carboxylic acids is 1. The maximum Gasteiger partial charge on any atom is 0.303 e. The molecule has 0 atom stereocenters. The number of hydrogen-bond donors (Lipinski definition) is 3. The predicted molar refractivity (Wildman–Crippen MR) is 73.4 cm³/mol. The number of H-pyrrole nitrogens is 1. The van der Waals surface area contributed by atoms with Gasteiger partial charge in [0.25, 0.3) is 5.91 Å². The van der Waals surface area contributed by atoms with Gasteiger partial charge in [-0.15, -0.1) is 5.10 Å². The van der Waals surface area contributed by atoms with Crippen molar-refractivity contribution in [2.75, 3.05) is 6.54 Å². The lowest BCUT2D eigenvalue weighted by atomic mass is 9.84. The van der Waals surface area contributed by atoms with Crippen LogP contribution in [0.3, 0.4) is 0 Å². The highest BCUT2D eigenvalue weighted by Gasteiger charge is 2.20. The van der Waals surface area contributed by atoms with Gasteiger partial charge in [0.1, 0.15) is 5.82 Å². The van der Waals surface area contributed by atoms with Crippen LogP contribution < -0.4 is 5.32 Å². The van der Waals surface area contributed by atoms with Crippen LogP contribution in [0.2, 0.25) is 0 Å². The van der Waals surface area contributed by atoms with E-state index in [1.807, 2.05) is 20.8 Å². The molecule has 0 spiro atoms. The van der Waals surface area contributed by atoms with Gasteiger partial charge in [-0.05, 0) is 18.3 Å². The van der Waals surface area contributed by atoms with Crippen molar-refractivity contribution in [1.82, 2.24) is 20.5 Å². The van der Waals surface area contributed by atoms with Crippen molar-refractivity contribution in [2.45, 2.75) is 46.5 Å². The molecule has 0 unspecified atom stereocenters. The van der Waals surface area contributed by atoms with Crippen molar-refractivity contribution in [2.24, 2.45) is 5.41 Å². The standard InChI is InChI=1S/C13H22N4O3/c1-4-9-15-11(17-16-9)12(20)14-8-7-13(2,3)6-5-10(18)19/h4-8H2,1-3H3,(H,14,20)(H,18,19)(H,15,16,17). The van der Waals surface area contributed by atoms with Gasteiger partial charge in [-0.2, -0.15) is 0 Å². The molecule has 112 valence electrons. The molecule has 0 aliphatic rings. The van der Waals surface area contributed by atoms with Crippen LogP contribution in [0.25, 0.3) is 0 Å². The molecule has 1 amide bonds. The first-order valence-electron chi connectivity index (χ1n) is 6.75. The van der Waals surface area contributed by atoms with E-state index in [4.69, 9.17) is 5.11 Å². The molecule has 7 heteroatoms. The highest BCUT2D eigenvalue weighted by Crippen LogP contribution is 2.25. The summed E-state index contributed by atoms with van der Waals surface area (Å²) in [7, 11) is 0. The molecule has 1 rings (SSSR count). The number of nitrogens with zero attached hydrogens (tertiary/aromatic N) is 2. The van der Waals surface area contributed by atoms with Crippen LogP contribution in [-0.4, -0.2) is 38.7 Å². The molecule has 0 radical (unpaired) electrons. The molecular formula is C13H22N4O3. The molecule has 1 heterocycles. The Bertz CT molecular complexity index is 468. The number of carboxylic acids is 1. The Kier molecular flexibility index (Phi) is 5.66. The summed E-state index contributed by atoms with van der Waals surface area (Å²) in [6.45, 7) is 6.38. The van der Waals surface area contributed by atoms with Crippen LogP contribution in [0.4, 0.5) is 0 Å². The second-order valence-electron chi connectivity index (χ2n) is 5.52. The van der Waals surface area contributed by atoms with E-state index in [1.54, 1.807) is 0 Å². The van der Waals surface area contributed by atoms with Crippen molar-refractivity contribution < 1.29 is 14.7 Å². The van der Waals surface area contributed by atoms with Gasteiger partial charge in [-0.3, -0.25) is 14.7 Å². The number of nitrogens with one attached hydrogen (secondary N) is 2. The van der Waals surface area contributed by atoms with Gasteiger partial charge in [0, 0.05) is 19.4 Å². The summed E-state index contributed by atoms with van der Waals surface area (Å²) in [5, 5.41) is 17.9. The molecular weight excluding hydrogens is 260 g/mol. The molecule has 0 aromatic carbocycles. The number of carbonyl (C=O) groups excluding carboxylic acids is 1. The molecule has 0 aliphatic carbocycles. The maximum atomic E-state index is 11.8. The number of carbonyl (C=O) groups is 2. The Labute approximate surface area is 118 Å². The minimum Gasteiger partial charge on any atom is -0.481 e. The van der Waals surface area contributed by atoms with Crippen LogP contribution in [0.15, 0.2) is 0 Å². The van der Waals surface area contributed by atoms with Crippen molar-refractivity contribution in [1.29, 1.82) is 0 Å². The number of hydrogen-bond acceptors (Lipinski definition) is 4. The Morgan fingerprint density at radius 2 is 2.05 bits per heavy atom. The minimum absolute atomic E-state index is 0.126. The zero-order valence-corrected chi connectivity index (χ0v) is 12.2. The zero-order valence-electron chi connectivity index (χ0n) is 12.2. The van der Waals surface area contributed by atoms with Gasteiger partial charge in [0.2, 0.25) is 5.82 Å². The minimum atomic E-state index is -0.796. The normalized spacial score (nSPS) is 11.3. The van der Waals surface area contributed by atoms with Gasteiger partial charge in [-0.1, -0.05) is 20.8 Å². The van der Waals surface area contributed by atoms with Crippen LogP contribution in [0.1, 0.15) is 56.5 Å². The van der Waals surface area contributed by atoms with Crippen LogP contribution in [0.5, 0.6) is 0 Å². The van der Waals surface area contributed by atoms with Crippen molar-refractivity contribution >= 4 is 11.9 Å². The first kappa shape index (κ1) is 16.1. The van der Waals surface area contributed by atoms with Crippen LogP contribution in [-0.2, 0) is 11.2 Å². The third kappa shape index (κ3) is 5.38. The topological polar surface area (TPSA) is 108 Å². The SMILES string of the molecule is CCc1nc(C(=O)NCCC(C)(C)CCC(=O)O)n[nH]1. The molecule has 0 bridgehead atoms. The average Bonchev–Trinajstić information content (AvgIpc) is 2.85. The van der Waals surface area contributed by atoms with Crippen molar-refractivity contribution in [3.8, 4) is 0 Å². The van der Waals surface area contributed by atoms with E-state index < -0.39 is 5.97 Å². The monoisotopic (exact) mass is 282 g/mol. The van der Waals surface area contributed by atoms with Gasteiger partial charge in [-0.25, -0.2) is 4.98 Å². The van der Waals surface area contributed by atoms with E-state index in [0.29, 0.717) is 31.6 Å². The van der Waals surface area contributed by atoms with Gasteiger partial charge in [0.15, 0.2) is 0 Å². The Hall–Kier alpha value is -1.92. The highest BCUT2D eigenvalue weighted by molar-refractivity contribution is 5.90. The largest absolute Gasteiger partial charge is 0.481 e. The van der Waals surface area contributed by atoms with Crippen molar-refractivity contribution in [3.05, 3.63) is 11.6 Å². The lowest BCUT2D eigenvalue weighted by molar-refractivity contribution is -0.137. The summed E-state index contributed by atoms with van der Waals surface area (Å²) >= 11 is 0. The Balaban J connectivity index is 2.35. The first-order chi connectivity index (χ1) is 9.34. The summed E-state index contributed by atoms with van der Waals surface area (Å²) in [5.74, 6) is -0.285. The number of carboxylic acid groups (broad SMARTS) is 1. The molecule has 0 fully saturated rings. The third-order valence-electron chi connectivity index (χ3n) is 3.17. The summed E-state index contributed by atoms with van der Waals surface area (Å²) in [5.41, 5.74) is -0.126. The molecule has 0 saturated carbocycles.